The summed E-state index contributed by atoms with van der Waals surface area (Å²) in [5, 5.41) is 0. The van der Waals surface area contributed by atoms with Crippen molar-refractivity contribution in [2.24, 2.45) is 4.99 Å². The van der Waals surface area contributed by atoms with E-state index in [2.05, 4.69) is 20.9 Å². The summed E-state index contributed by atoms with van der Waals surface area (Å²) in [7, 11) is 3.20. The Labute approximate surface area is 173 Å². The molecule has 0 unspecified atom stereocenters. The lowest BCUT2D eigenvalue weighted by molar-refractivity contribution is 0.100. The van der Waals surface area contributed by atoms with E-state index in [1.165, 1.54) is 22.7 Å². The Morgan fingerprint density at radius 2 is 1.93 bits per heavy atom. The number of hydrogen-bond donors (Lipinski definition) is 0. The molecule has 0 saturated carbocycles. The zero-order valence-corrected chi connectivity index (χ0v) is 18.4. The smallest absolute Gasteiger partial charge is 0.289 e. The van der Waals surface area contributed by atoms with Crippen LogP contribution in [0.3, 0.4) is 0 Å². The van der Waals surface area contributed by atoms with Gasteiger partial charge in [-0.3, -0.25) is 4.79 Å². The lowest BCUT2D eigenvalue weighted by Crippen LogP contribution is -2.19. The van der Waals surface area contributed by atoms with Gasteiger partial charge in [-0.05, 0) is 35.0 Å². The molecule has 144 valence electrons. The van der Waals surface area contributed by atoms with Crippen molar-refractivity contribution in [3.05, 3.63) is 37.7 Å². The van der Waals surface area contributed by atoms with Crippen molar-refractivity contribution in [2.45, 2.75) is 13.5 Å². The first-order valence-corrected chi connectivity index (χ1v) is 10.7. The van der Waals surface area contributed by atoms with Gasteiger partial charge in [-0.1, -0.05) is 11.3 Å². The van der Waals surface area contributed by atoms with Gasteiger partial charge in [0.15, 0.2) is 16.3 Å². The molecule has 0 radical (unpaired) electrons. The molecule has 0 spiro atoms. The zero-order chi connectivity index (χ0) is 19.4. The first-order valence-electron chi connectivity index (χ1n) is 8.24. The molecule has 2 heterocycles. The van der Waals surface area contributed by atoms with Gasteiger partial charge in [-0.25, -0.2) is 0 Å². The number of fused-ring (bicyclic) bond motifs is 1. The molecule has 0 aliphatic rings. The van der Waals surface area contributed by atoms with Gasteiger partial charge in [0.05, 0.1) is 39.7 Å². The molecule has 0 saturated heterocycles. The molecule has 0 aliphatic heterocycles. The highest BCUT2D eigenvalue weighted by Crippen LogP contribution is 2.33. The van der Waals surface area contributed by atoms with Gasteiger partial charge in [0.25, 0.3) is 5.91 Å². The maximum atomic E-state index is 12.6. The molecular formula is C18H19BrN2O4S2. The second-order valence-corrected chi connectivity index (χ2v) is 8.90. The Hall–Kier alpha value is -1.68. The minimum absolute atomic E-state index is 0.263. The molecule has 0 aliphatic carbocycles. The summed E-state index contributed by atoms with van der Waals surface area (Å²) in [5.74, 6) is 1.01. The molecule has 3 aromatic rings. The highest BCUT2D eigenvalue weighted by molar-refractivity contribution is 9.11. The number of benzene rings is 1. The number of carbonyl (C=O) groups excluding carboxylic acids is 1. The van der Waals surface area contributed by atoms with Crippen molar-refractivity contribution < 1.29 is 19.0 Å². The van der Waals surface area contributed by atoms with Crippen LogP contribution in [0.4, 0.5) is 0 Å². The summed E-state index contributed by atoms with van der Waals surface area (Å²) in [6, 6.07) is 7.42. The zero-order valence-electron chi connectivity index (χ0n) is 15.2. The van der Waals surface area contributed by atoms with E-state index in [1.807, 2.05) is 29.7 Å². The summed E-state index contributed by atoms with van der Waals surface area (Å²) in [5.41, 5.74) is 0.927. The fourth-order valence-corrected chi connectivity index (χ4v) is 4.90. The maximum absolute atomic E-state index is 12.6. The number of thiophene rings is 1. The molecule has 1 amide bonds. The second-order valence-electron chi connectivity index (χ2n) is 5.43. The van der Waals surface area contributed by atoms with E-state index in [1.54, 1.807) is 20.3 Å². The van der Waals surface area contributed by atoms with Gasteiger partial charge in [-0.2, -0.15) is 4.99 Å². The summed E-state index contributed by atoms with van der Waals surface area (Å²) >= 11 is 6.18. The van der Waals surface area contributed by atoms with E-state index >= 15 is 0 Å². The Morgan fingerprint density at radius 3 is 2.56 bits per heavy atom. The van der Waals surface area contributed by atoms with E-state index in [-0.39, 0.29) is 5.91 Å². The van der Waals surface area contributed by atoms with Crippen molar-refractivity contribution in [1.29, 1.82) is 0 Å². The normalized spacial score (nSPS) is 11.9. The molecule has 0 fully saturated rings. The Bertz CT molecular complexity index is 1020. The number of ether oxygens (including phenoxy) is 3. The van der Waals surface area contributed by atoms with Gasteiger partial charge in [0.1, 0.15) is 0 Å². The van der Waals surface area contributed by atoms with Crippen LogP contribution in [0, 0.1) is 0 Å². The number of rotatable bonds is 7. The number of thiazole rings is 1. The van der Waals surface area contributed by atoms with Crippen molar-refractivity contribution in [1.82, 2.24) is 4.57 Å². The third-order valence-electron chi connectivity index (χ3n) is 3.83. The van der Waals surface area contributed by atoms with Crippen molar-refractivity contribution in [2.75, 3.05) is 27.4 Å². The van der Waals surface area contributed by atoms with Crippen LogP contribution in [0.25, 0.3) is 10.2 Å². The average Bonchev–Trinajstić information content (AvgIpc) is 3.24. The largest absolute Gasteiger partial charge is 0.493 e. The minimum Gasteiger partial charge on any atom is -0.493 e. The van der Waals surface area contributed by atoms with E-state index < -0.39 is 0 Å². The summed E-state index contributed by atoms with van der Waals surface area (Å²) in [6.07, 6.45) is 0. The fourth-order valence-electron chi connectivity index (χ4n) is 2.57. The summed E-state index contributed by atoms with van der Waals surface area (Å²) < 4.78 is 20.2. The molecule has 3 rings (SSSR count). The van der Waals surface area contributed by atoms with Crippen LogP contribution in [-0.4, -0.2) is 37.9 Å². The predicted molar refractivity (Wildman–Crippen MR) is 111 cm³/mol. The van der Waals surface area contributed by atoms with Crippen LogP contribution in [0.15, 0.2) is 33.0 Å². The van der Waals surface area contributed by atoms with Gasteiger partial charge < -0.3 is 18.8 Å². The molecular weight excluding hydrogens is 452 g/mol. The van der Waals surface area contributed by atoms with Crippen molar-refractivity contribution >= 4 is 54.7 Å². The number of aromatic nitrogens is 1. The summed E-state index contributed by atoms with van der Waals surface area (Å²) in [6.45, 7) is 3.70. The van der Waals surface area contributed by atoms with Gasteiger partial charge in [0.2, 0.25) is 0 Å². The minimum atomic E-state index is -0.263. The number of methoxy groups -OCH3 is 2. The molecule has 9 heteroatoms. The maximum Gasteiger partial charge on any atom is 0.289 e. The van der Waals surface area contributed by atoms with Crippen LogP contribution in [-0.2, 0) is 11.3 Å². The van der Waals surface area contributed by atoms with Crippen molar-refractivity contribution in [3.63, 3.8) is 0 Å². The molecule has 0 N–H and O–H groups in total. The second kappa shape index (κ2) is 9.01. The molecule has 0 bridgehead atoms. The topological polar surface area (TPSA) is 62.1 Å². The quantitative estimate of drug-likeness (QED) is 0.482. The summed E-state index contributed by atoms with van der Waals surface area (Å²) in [4.78, 5) is 18.1. The SMILES string of the molecule is CCOCCn1c(=NC(=O)c2ccc(Br)s2)sc2cc(OC)c(OC)cc21. The highest BCUT2D eigenvalue weighted by atomic mass is 79.9. The van der Waals surface area contributed by atoms with Crippen molar-refractivity contribution in [3.8, 4) is 11.5 Å². The Balaban J connectivity index is 2.12. The number of carbonyl (C=O) groups is 1. The Morgan fingerprint density at radius 1 is 1.19 bits per heavy atom. The first-order chi connectivity index (χ1) is 13.1. The molecule has 1 aromatic carbocycles. The monoisotopic (exact) mass is 470 g/mol. The van der Waals surface area contributed by atoms with Crippen LogP contribution in [0.1, 0.15) is 16.6 Å². The lowest BCUT2D eigenvalue weighted by atomic mass is 10.3. The molecule has 6 nitrogen and oxygen atoms in total. The van der Waals surface area contributed by atoms with Crippen LogP contribution < -0.4 is 14.3 Å². The fraction of sp³-hybridized carbons (Fsp3) is 0.333. The third-order valence-corrected chi connectivity index (χ3v) is 6.49. The lowest BCUT2D eigenvalue weighted by Gasteiger charge is -2.09. The van der Waals surface area contributed by atoms with Crippen LogP contribution in [0.5, 0.6) is 11.5 Å². The van der Waals surface area contributed by atoms with Gasteiger partial charge in [-0.15, -0.1) is 11.3 Å². The van der Waals surface area contributed by atoms with Gasteiger partial charge >= 0.3 is 0 Å². The third kappa shape index (κ3) is 4.43. The number of amides is 1. The predicted octanol–water partition coefficient (Wildman–Crippen LogP) is 4.32. The van der Waals surface area contributed by atoms with E-state index in [0.717, 1.165) is 14.0 Å². The van der Waals surface area contributed by atoms with Gasteiger partial charge in [0, 0.05) is 25.3 Å². The number of hydrogen-bond acceptors (Lipinski definition) is 6. The Kier molecular flexibility index (Phi) is 6.69. The first kappa shape index (κ1) is 20.1. The highest BCUT2D eigenvalue weighted by Gasteiger charge is 2.14. The van der Waals surface area contributed by atoms with Crippen LogP contribution >= 0.6 is 38.6 Å². The standard InChI is InChI=1S/C18H19BrN2O4S2/c1-4-25-8-7-21-11-9-12(23-2)13(24-3)10-15(11)27-18(21)20-17(22)14-5-6-16(19)26-14/h5-6,9-10H,4,7-8H2,1-3H3. The number of nitrogens with zero attached hydrogens (tertiary/aromatic N) is 2. The molecule has 0 atom stereocenters. The van der Waals surface area contributed by atoms with Crippen LogP contribution in [0.2, 0.25) is 0 Å². The van der Waals surface area contributed by atoms with E-state index in [9.17, 15) is 4.79 Å². The van der Waals surface area contributed by atoms with E-state index in [4.69, 9.17) is 14.2 Å². The van der Waals surface area contributed by atoms with E-state index in [0.29, 0.717) is 40.9 Å². The molecule has 27 heavy (non-hydrogen) atoms. The molecule has 2 aromatic heterocycles. The average molecular weight is 471 g/mol. The number of halogens is 1.